The summed E-state index contributed by atoms with van der Waals surface area (Å²) in [6.45, 7) is 122. The van der Waals surface area contributed by atoms with E-state index in [1.54, 1.807) is 0 Å². The molecule has 0 N–H and O–H groups in total. The van der Waals surface area contributed by atoms with E-state index >= 15 is 0 Å². The first-order valence-corrected chi connectivity index (χ1v) is 49.3. The van der Waals surface area contributed by atoms with Crippen LogP contribution in [0.2, 0.25) is 0 Å². The van der Waals surface area contributed by atoms with Gasteiger partial charge in [-0.3, -0.25) is 0 Å². The van der Waals surface area contributed by atoms with Crippen LogP contribution in [0.15, 0.2) is 11.1 Å². The Bertz CT molecular complexity index is 5670. The molecule has 0 nitrogen and oxygen atoms in total. The molecule has 133 heavy (non-hydrogen) atoms. The van der Waals surface area contributed by atoms with Crippen molar-refractivity contribution in [3.05, 3.63) is 290 Å². The fraction of sp³-hybridized carbons (Fsp3) is 0.470. The van der Waals surface area contributed by atoms with E-state index in [2.05, 4.69) is 358 Å². The second-order valence-electron chi connectivity index (χ2n) is 41.9. The normalized spacial score (nSPS) is 13.3. The maximum absolute atomic E-state index is 3.03. The number of hydrogen-bond acceptors (Lipinski definition) is 0. The Labute approximate surface area is 839 Å². The Morgan fingerprint density at radius 3 is 0.256 bits per heavy atom. The predicted octanol–water partition coefficient (Wildman–Crippen LogP) is 40.2. The van der Waals surface area contributed by atoms with Gasteiger partial charge in [0.25, 0.3) is 0 Å². The second-order valence-corrected chi connectivity index (χ2v) is 41.9. The zero-order chi connectivity index (χ0) is 98.7. The molecule has 0 aromatic heterocycles. The molecule has 0 aliphatic heterocycles. The van der Waals surface area contributed by atoms with Gasteiger partial charge in [0.1, 0.15) is 0 Å². The van der Waals surface area contributed by atoms with Crippen molar-refractivity contribution in [3.63, 3.8) is 0 Å². The van der Waals surface area contributed by atoms with Crippen LogP contribution in [-0.2, 0) is 32.7 Å². The first-order chi connectivity index (χ1) is 60.2. The number of allylic oxidation sites excluding steroid dienone is 4. The van der Waals surface area contributed by atoms with Gasteiger partial charge in [0.05, 0.1) is 0 Å². The van der Waals surface area contributed by atoms with E-state index in [4.69, 9.17) is 0 Å². The molecule has 0 heterocycles. The van der Waals surface area contributed by atoms with Crippen LogP contribution in [0.4, 0.5) is 0 Å². The first kappa shape index (κ1) is 114. The molecule has 1 aliphatic carbocycles. The summed E-state index contributed by atoms with van der Waals surface area (Å²) < 4.78 is 0. The summed E-state index contributed by atoms with van der Waals surface area (Å²) in [5.41, 5.74) is 72.0. The molecule has 0 bridgehead atoms. The van der Waals surface area contributed by atoms with Crippen LogP contribution in [0.25, 0.3) is 97.0 Å². The van der Waals surface area contributed by atoms with Gasteiger partial charge in [-0.15, -0.1) is 27.7 Å². The predicted molar refractivity (Wildman–Crippen MR) is 604 cm³/mol. The van der Waals surface area contributed by atoms with Crippen LogP contribution >= 0.6 is 0 Å². The summed E-state index contributed by atoms with van der Waals surface area (Å²) in [5.74, 6) is 2.04. The molecule has 14 aromatic rings. The Morgan fingerprint density at radius 2 is 0.195 bits per heavy atom. The summed E-state index contributed by atoms with van der Waals surface area (Å²) in [6.07, 6.45) is 12.0. The molecule has 1 heteroatoms. The molecule has 0 amide bonds. The Balaban J connectivity index is 0.000000244. The Kier molecular flexibility index (Phi) is 37.1. The average Bonchev–Trinajstić information content (AvgIpc) is 0.719. The van der Waals surface area contributed by atoms with Gasteiger partial charge in [-0.1, -0.05) is 54.4 Å². The SMILES string of the molecule is C.C.CC1CCC(C)CC1.C[C-]=C(C)C(C)=[C-]C.Cc1c(C)c(C)c2c(C)c(C)c(C)c(C)c2c1C.Cc1c(C)c(C)c2c(C)c3c(C)c(C)c(C)c(C)c3c(C)c2c1C.Cc1c(C)c(C)c2c(C)c3c(C)c(C)c(C)c(C)c3c(C)c2c1C.Cc1c(C)c(C)c2c(C)c3c(C)c(C)c(C)c(C)c3c(C)c2c1C.Cc1c(C)c(C)c2c(C)c3c(C)c(C)c(C)c(C)c3c(C)c2c1C.[Y]. The number of aryl methyl sites for hydroxylation is 28. The fourth-order valence-electron chi connectivity index (χ4n) is 24.0. The molecule has 1 aliphatic rings. The van der Waals surface area contributed by atoms with Crippen molar-refractivity contribution in [1.29, 1.82) is 0 Å². The van der Waals surface area contributed by atoms with Crippen LogP contribution in [0.1, 0.15) is 349 Å². The quantitative estimate of drug-likeness (QED) is 0.0873. The zero-order valence-corrected chi connectivity index (χ0v) is 96.4. The number of rotatable bonds is 1. The molecule has 0 spiro atoms. The minimum absolute atomic E-state index is 0. The van der Waals surface area contributed by atoms with Crippen LogP contribution in [0, 0.1) is 356 Å². The summed E-state index contributed by atoms with van der Waals surface area (Å²) in [6, 6.07) is 0. The maximum Gasteiger partial charge on any atom is 0 e. The maximum atomic E-state index is 3.03. The zero-order valence-electron chi connectivity index (χ0n) is 93.6. The van der Waals surface area contributed by atoms with Crippen molar-refractivity contribution in [2.75, 3.05) is 0 Å². The van der Waals surface area contributed by atoms with E-state index in [9.17, 15) is 0 Å². The van der Waals surface area contributed by atoms with Crippen molar-refractivity contribution in [1.82, 2.24) is 0 Å². The first-order valence-electron chi connectivity index (χ1n) is 49.3. The van der Waals surface area contributed by atoms with Crippen molar-refractivity contribution in [2.45, 2.75) is 414 Å². The van der Waals surface area contributed by atoms with Crippen LogP contribution < -0.4 is 0 Å². The topological polar surface area (TPSA) is 0 Å². The van der Waals surface area contributed by atoms with Gasteiger partial charge in [-0.05, 0) is 708 Å². The van der Waals surface area contributed by atoms with Gasteiger partial charge < -0.3 is 23.3 Å². The molecular formula is C132H180Y-2. The minimum Gasteiger partial charge on any atom is -0.376 e. The Morgan fingerprint density at radius 1 is 0.135 bits per heavy atom. The molecule has 0 saturated heterocycles. The fourth-order valence-corrected chi connectivity index (χ4v) is 24.0. The standard InChI is InChI=1S/4C24H30.C18H24.C8H16.C8H12.2CH4.Y/c4*1-11-12(2)16(6)22-20(10)24-18(8)14(4)13(3)17(7)23(24)19(9)21(22)15(11)5;1-9-10(2)14(6)18-16(8)12(4)11(3)15(7)17(18)13(9)5;1-7-3-5-8(2)6-4-7;1-5-7(3)8(4)6-2;;;/h4*1-10H3;1-8H3;7-8H,3-6H2,1-2H3;1-4H3;2*1H4;/q;;;;;;-2;;;. The van der Waals surface area contributed by atoms with Gasteiger partial charge in [0.2, 0.25) is 0 Å². The van der Waals surface area contributed by atoms with E-state index in [1.807, 2.05) is 27.7 Å². The third-order valence-corrected chi connectivity index (χ3v) is 36.2. The van der Waals surface area contributed by atoms with Gasteiger partial charge in [0.15, 0.2) is 0 Å². The molecule has 15 rings (SSSR count). The molecule has 713 valence electrons. The molecule has 0 atom stereocenters. The van der Waals surface area contributed by atoms with Crippen LogP contribution in [-0.4, -0.2) is 0 Å². The van der Waals surface area contributed by atoms with Gasteiger partial charge in [-0.25, -0.2) is 0 Å². The Hall–Kier alpha value is -8.00. The largest absolute Gasteiger partial charge is 0.376 e. The van der Waals surface area contributed by atoms with Crippen LogP contribution in [0.5, 0.6) is 0 Å². The van der Waals surface area contributed by atoms with E-state index in [0.717, 1.165) is 11.8 Å². The van der Waals surface area contributed by atoms with Crippen molar-refractivity contribution >= 4 is 97.0 Å². The average molecular weight is 1860 g/mol. The van der Waals surface area contributed by atoms with Gasteiger partial charge >= 0.3 is 0 Å². The summed E-state index contributed by atoms with van der Waals surface area (Å²) in [4.78, 5) is 0. The number of hydrogen-bond donors (Lipinski definition) is 0. The number of benzene rings is 14. The van der Waals surface area contributed by atoms with Crippen molar-refractivity contribution in [2.24, 2.45) is 11.8 Å². The molecule has 1 fully saturated rings. The molecule has 0 unspecified atom stereocenters. The third-order valence-electron chi connectivity index (χ3n) is 36.2. The molecular weight excluding hydrogens is 1670 g/mol. The monoisotopic (exact) mass is 1850 g/mol. The van der Waals surface area contributed by atoms with Gasteiger partial charge in [0, 0.05) is 32.7 Å². The molecule has 1 radical (unpaired) electrons. The second kappa shape index (κ2) is 43.4. The van der Waals surface area contributed by atoms with Crippen molar-refractivity contribution in [3.8, 4) is 0 Å². The van der Waals surface area contributed by atoms with Crippen LogP contribution in [0.3, 0.4) is 0 Å². The van der Waals surface area contributed by atoms with E-state index < -0.39 is 0 Å². The number of fused-ring (bicyclic) bond motifs is 9. The summed E-state index contributed by atoms with van der Waals surface area (Å²) >= 11 is 0. The van der Waals surface area contributed by atoms with E-state index in [-0.39, 0.29) is 47.6 Å². The molecule has 14 aromatic carbocycles. The third kappa shape index (κ3) is 19.2. The minimum atomic E-state index is 0. The summed E-state index contributed by atoms with van der Waals surface area (Å²) in [5, 5.41) is 26.6. The van der Waals surface area contributed by atoms with E-state index in [1.165, 1.54) is 401 Å². The molecule has 1 saturated carbocycles. The smallest absolute Gasteiger partial charge is 0 e. The van der Waals surface area contributed by atoms with E-state index in [0.29, 0.717) is 0 Å². The van der Waals surface area contributed by atoms with Gasteiger partial charge in [-0.2, -0.15) is 0 Å². The van der Waals surface area contributed by atoms with Crippen molar-refractivity contribution < 1.29 is 32.7 Å². The summed E-state index contributed by atoms with van der Waals surface area (Å²) in [7, 11) is 0.